The summed E-state index contributed by atoms with van der Waals surface area (Å²) in [6.07, 6.45) is 4.28. The van der Waals surface area contributed by atoms with Gasteiger partial charge in [-0.15, -0.1) is 0 Å². The van der Waals surface area contributed by atoms with Gasteiger partial charge in [0.2, 0.25) is 0 Å². The number of Topliss-reactive ketones (excluding diaryl/α,β-unsaturated/α-hetero) is 1. The number of benzene rings is 1. The Bertz CT molecular complexity index is 523. The molecule has 4 heteroatoms. The lowest BCUT2D eigenvalue weighted by atomic mass is 9.86. The molecule has 1 aromatic carbocycles. The molecule has 1 fully saturated rings. The van der Waals surface area contributed by atoms with Crippen LogP contribution in [0, 0.1) is 11.8 Å². The van der Waals surface area contributed by atoms with E-state index in [0.717, 1.165) is 55.5 Å². The fourth-order valence-electron chi connectivity index (χ4n) is 3.75. The summed E-state index contributed by atoms with van der Waals surface area (Å²) in [6, 6.07) is 8.74. The lowest BCUT2D eigenvalue weighted by Crippen LogP contribution is -2.39. The number of hydrogen-bond donors (Lipinski definition) is 1. The van der Waals surface area contributed by atoms with Crippen LogP contribution in [0.15, 0.2) is 28.7 Å². The predicted octanol–water partition coefficient (Wildman–Crippen LogP) is 4.94. The maximum atomic E-state index is 12.7. The predicted molar refractivity (Wildman–Crippen MR) is 107 cm³/mol. The highest BCUT2D eigenvalue weighted by Gasteiger charge is 2.25. The number of halogens is 1. The number of ether oxygens (including phenoxy) is 1. The van der Waals surface area contributed by atoms with Crippen LogP contribution in [0.25, 0.3) is 0 Å². The van der Waals surface area contributed by atoms with Gasteiger partial charge in [-0.2, -0.15) is 0 Å². The van der Waals surface area contributed by atoms with Crippen LogP contribution in [0.1, 0.15) is 57.9 Å². The molecule has 25 heavy (non-hydrogen) atoms. The first-order valence-electron chi connectivity index (χ1n) is 9.63. The number of nitrogens with one attached hydrogen (secondary N) is 1. The summed E-state index contributed by atoms with van der Waals surface area (Å²) in [5.41, 5.74) is 1.13. The molecular weight excluding hydrogens is 378 g/mol. The normalized spacial score (nSPS) is 18.3. The van der Waals surface area contributed by atoms with Gasteiger partial charge >= 0.3 is 0 Å². The van der Waals surface area contributed by atoms with E-state index in [1.807, 2.05) is 26.0 Å². The second-order valence-electron chi connectivity index (χ2n) is 7.37. The molecule has 0 radical (unpaired) electrons. The molecule has 1 saturated heterocycles. The van der Waals surface area contributed by atoms with Crippen LogP contribution >= 0.6 is 15.9 Å². The molecule has 0 amide bonds. The van der Waals surface area contributed by atoms with Crippen molar-refractivity contribution in [1.29, 1.82) is 0 Å². The van der Waals surface area contributed by atoms with Crippen molar-refractivity contribution in [1.82, 2.24) is 5.32 Å². The summed E-state index contributed by atoms with van der Waals surface area (Å²) in [5.74, 6) is 1.08. The largest absolute Gasteiger partial charge is 0.381 e. The molecule has 1 heterocycles. The van der Waals surface area contributed by atoms with Gasteiger partial charge in [-0.1, -0.05) is 48.8 Å². The van der Waals surface area contributed by atoms with E-state index in [1.54, 1.807) is 0 Å². The summed E-state index contributed by atoms with van der Waals surface area (Å²) in [5, 5.41) is 3.73. The molecule has 1 N–H and O–H groups in total. The third-order valence-electron chi connectivity index (χ3n) is 5.30. The number of hydrogen-bond acceptors (Lipinski definition) is 3. The summed E-state index contributed by atoms with van der Waals surface area (Å²) < 4.78 is 6.54. The van der Waals surface area contributed by atoms with Crippen LogP contribution in [0.2, 0.25) is 0 Å². The van der Waals surface area contributed by atoms with E-state index < -0.39 is 0 Å². The van der Waals surface area contributed by atoms with Gasteiger partial charge in [-0.05, 0) is 55.8 Å². The van der Waals surface area contributed by atoms with Crippen molar-refractivity contribution in [3.63, 3.8) is 0 Å². The minimum Gasteiger partial charge on any atom is -0.381 e. The van der Waals surface area contributed by atoms with Gasteiger partial charge in [0.05, 0.1) is 0 Å². The Hall–Kier alpha value is -0.710. The highest BCUT2D eigenvalue weighted by atomic mass is 79.9. The number of carbonyl (C=O) groups excluding carboxylic acids is 1. The summed E-state index contributed by atoms with van der Waals surface area (Å²) in [4.78, 5) is 12.7. The molecule has 2 atom stereocenters. The van der Waals surface area contributed by atoms with E-state index in [-0.39, 0.29) is 11.8 Å². The fraction of sp³-hybridized carbons (Fsp3) is 0.667. The maximum absolute atomic E-state index is 12.7. The zero-order chi connectivity index (χ0) is 18.2. The monoisotopic (exact) mass is 409 g/mol. The van der Waals surface area contributed by atoms with Gasteiger partial charge in [-0.25, -0.2) is 0 Å². The summed E-state index contributed by atoms with van der Waals surface area (Å²) in [7, 11) is 0. The lowest BCUT2D eigenvalue weighted by Gasteiger charge is -2.31. The van der Waals surface area contributed by atoms with Crippen LogP contribution in [0.3, 0.4) is 0 Å². The summed E-state index contributed by atoms with van der Waals surface area (Å²) >= 11 is 3.48. The average Bonchev–Trinajstić information content (AvgIpc) is 2.63. The standard InChI is InChI=1S/C21H32BrNO2/c1-4-20(17-10-13-25-14-11-17)23-12-9-19(21(24)15(2)3)16-5-7-18(22)8-6-16/h5-8,15,17,19-20,23H,4,9-14H2,1-3H3/t19-,20?/m1/s1. The summed E-state index contributed by atoms with van der Waals surface area (Å²) in [6.45, 7) is 8.90. The van der Waals surface area contributed by atoms with Crippen molar-refractivity contribution in [2.24, 2.45) is 11.8 Å². The number of carbonyl (C=O) groups is 1. The first kappa shape index (κ1) is 20.6. The Morgan fingerprint density at radius 2 is 1.88 bits per heavy atom. The lowest BCUT2D eigenvalue weighted by molar-refractivity contribution is -0.123. The van der Waals surface area contributed by atoms with Crippen molar-refractivity contribution in [3.05, 3.63) is 34.3 Å². The van der Waals surface area contributed by atoms with Gasteiger partial charge in [0.1, 0.15) is 5.78 Å². The topological polar surface area (TPSA) is 38.3 Å². The molecule has 1 aliphatic rings. The second-order valence-corrected chi connectivity index (χ2v) is 8.28. The minimum atomic E-state index is -0.0206. The van der Waals surface area contributed by atoms with Gasteiger partial charge < -0.3 is 10.1 Å². The first-order chi connectivity index (χ1) is 12.0. The van der Waals surface area contributed by atoms with E-state index >= 15 is 0 Å². The molecule has 140 valence electrons. The van der Waals surface area contributed by atoms with Gasteiger partial charge in [-0.3, -0.25) is 4.79 Å². The molecule has 0 saturated carbocycles. The highest BCUT2D eigenvalue weighted by molar-refractivity contribution is 9.10. The molecule has 1 unspecified atom stereocenters. The Labute approximate surface area is 161 Å². The number of ketones is 1. The zero-order valence-electron chi connectivity index (χ0n) is 15.8. The van der Waals surface area contributed by atoms with E-state index in [0.29, 0.717) is 17.7 Å². The van der Waals surface area contributed by atoms with E-state index in [9.17, 15) is 4.79 Å². The Kier molecular flexibility index (Phi) is 8.60. The SMILES string of the molecule is CCC(NCC[C@@H](C(=O)C(C)C)c1ccc(Br)cc1)C1CCOCC1. The van der Waals surface area contributed by atoms with Crippen LogP contribution in [-0.2, 0) is 9.53 Å². The van der Waals surface area contributed by atoms with Crippen LogP contribution < -0.4 is 5.32 Å². The Balaban J connectivity index is 1.96. The molecule has 0 aromatic heterocycles. The maximum Gasteiger partial charge on any atom is 0.142 e. The third-order valence-corrected chi connectivity index (χ3v) is 5.83. The second kappa shape index (κ2) is 10.4. The van der Waals surface area contributed by atoms with E-state index in [2.05, 4.69) is 40.3 Å². The Morgan fingerprint density at radius 1 is 1.24 bits per heavy atom. The Morgan fingerprint density at radius 3 is 2.44 bits per heavy atom. The fourth-order valence-corrected chi connectivity index (χ4v) is 4.01. The molecule has 1 aliphatic heterocycles. The molecule has 3 nitrogen and oxygen atoms in total. The molecule has 1 aromatic rings. The van der Waals surface area contributed by atoms with Crippen molar-refractivity contribution >= 4 is 21.7 Å². The van der Waals surface area contributed by atoms with Crippen LogP contribution in [0.5, 0.6) is 0 Å². The minimum absolute atomic E-state index is 0.0206. The number of rotatable bonds is 9. The van der Waals surface area contributed by atoms with E-state index in [4.69, 9.17) is 4.74 Å². The molecule has 2 rings (SSSR count). The molecule has 0 bridgehead atoms. The van der Waals surface area contributed by atoms with Gasteiger partial charge in [0, 0.05) is 35.6 Å². The van der Waals surface area contributed by atoms with Gasteiger partial charge in [0.15, 0.2) is 0 Å². The van der Waals surface area contributed by atoms with Crippen molar-refractivity contribution < 1.29 is 9.53 Å². The zero-order valence-corrected chi connectivity index (χ0v) is 17.3. The third kappa shape index (κ3) is 6.19. The van der Waals surface area contributed by atoms with Crippen LogP contribution in [0.4, 0.5) is 0 Å². The van der Waals surface area contributed by atoms with Gasteiger partial charge in [0.25, 0.3) is 0 Å². The average molecular weight is 410 g/mol. The van der Waals surface area contributed by atoms with Crippen molar-refractivity contribution in [2.45, 2.75) is 58.4 Å². The van der Waals surface area contributed by atoms with Crippen LogP contribution in [-0.4, -0.2) is 31.6 Å². The quantitative estimate of drug-likeness (QED) is 0.627. The smallest absolute Gasteiger partial charge is 0.142 e. The molecule has 0 aliphatic carbocycles. The van der Waals surface area contributed by atoms with E-state index in [1.165, 1.54) is 0 Å². The first-order valence-corrected chi connectivity index (χ1v) is 10.4. The molecule has 0 spiro atoms. The van der Waals surface area contributed by atoms with Crippen molar-refractivity contribution in [2.75, 3.05) is 19.8 Å². The molecular formula is C21H32BrNO2. The van der Waals surface area contributed by atoms with Crippen molar-refractivity contribution in [3.8, 4) is 0 Å². The highest BCUT2D eigenvalue weighted by Crippen LogP contribution is 2.26.